The number of halogens is 3. The smallest absolute Gasteiger partial charge is 0.326 e. The molecule has 2 N–H and O–H groups in total. The fraction of sp³-hybridized carbons (Fsp3) is 0.345. The minimum absolute atomic E-state index is 0.138. The molecule has 194 valence electrons. The molecule has 5 nitrogen and oxygen atoms in total. The highest BCUT2D eigenvalue weighted by Crippen LogP contribution is 2.47. The number of rotatable bonds is 6. The van der Waals surface area contributed by atoms with Crippen LogP contribution < -0.4 is 10.2 Å². The summed E-state index contributed by atoms with van der Waals surface area (Å²) in [6, 6.07) is 17.4. The molecule has 0 saturated carbocycles. The molecule has 8 heteroatoms. The molecule has 1 saturated heterocycles. The van der Waals surface area contributed by atoms with Gasteiger partial charge in [0.2, 0.25) is 0 Å². The lowest BCUT2D eigenvalue weighted by Gasteiger charge is -2.34. The first-order valence-electron chi connectivity index (χ1n) is 12.6. The molecule has 2 unspecified atom stereocenters. The lowest BCUT2D eigenvalue weighted by Crippen LogP contribution is -2.42. The number of aliphatic hydroxyl groups excluding tert-OH is 1. The van der Waals surface area contributed by atoms with E-state index in [2.05, 4.69) is 36.2 Å². The second-order valence-corrected chi connectivity index (χ2v) is 11.3. The Labute approximate surface area is 232 Å². The quantitative estimate of drug-likeness (QED) is 0.330. The maximum Gasteiger partial charge on any atom is 0.326 e. The molecule has 0 spiro atoms. The van der Waals surface area contributed by atoms with E-state index < -0.39 is 0 Å². The number of benzene rings is 3. The van der Waals surface area contributed by atoms with Gasteiger partial charge in [-0.3, -0.25) is 4.90 Å². The molecule has 2 aliphatic heterocycles. The van der Waals surface area contributed by atoms with Crippen LogP contribution in [0.3, 0.4) is 0 Å². The van der Waals surface area contributed by atoms with Gasteiger partial charge in [0.15, 0.2) is 0 Å². The van der Waals surface area contributed by atoms with E-state index in [1.807, 2.05) is 24.3 Å². The van der Waals surface area contributed by atoms with Gasteiger partial charge in [-0.25, -0.2) is 4.79 Å². The molecule has 0 aromatic heterocycles. The number of hydrogen-bond acceptors (Lipinski definition) is 3. The van der Waals surface area contributed by atoms with Gasteiger partial charge in [-0.2, -0.15) is 0 Å². The largest absolute Gasteiger partial charge is 0.396 e. The summed E-state index contributed by atoms with van der Waals surface area (Å²) < 4.78 is 0. The molecular weight excluding hydrogens is 529 g/mol. The van der Waals surface area contributed by atoms with Gasteiger partial charge in [0, 0.05) is 54.4 Å². The van der Waals surface area contributed by atoms with E-state index in [1.54, 1.807) is 23.1 Å². The molecule has 5 rings (SSSR count). The van der Waals surface area contributed by atoms with Gasteiger partial charge in [-0.05, 0) is 61.6 Å². The Hall–Kier alpha value is -2.28. The normalized spacial score (nSPS) is 19.9. The number of likely N-dealkylation sites (tertiary alicyclic amines) is 1. The van der Waals surface area contributed by atoms with E-state index in [1.165, 1.54) is 0 Å². The molecule has 2 amide bonds. The van der Waals surface area contributed by atoms with E-state index in [4.69, 9.17) is 34.8 Å². The van der Waals surface area contributed by atoms with Crippen molar-refractivity contribution < 1.29 is 9.90 Å². The number of fused-ring (bicyclic) bond motifs is 1. The number of carbonyl (C=O) groups is 1. The van der Waals surface area contributed by atoms with E-state index in [0.717, 1.165) is 41.0 Å². The number of aliphatic hydroxyl groups is 1. The molecule has 1 fully saturated rings. The Morgan fingerprint density at radius 3 is 2.35 bits per heavy atom. The van der Waals surface area contributed by atoms with E-state index in [0.29, 0.717) is 45.7 Å². The highest BCUT2D eigenvalue weighted by Gasteiger charge is 2.37. The maximum absolute atomic E-state index is 13.3. The molecule has 3 aromatic rings. The molecule has 2 heterocycles. The number of amides is 2. The number of carbonyl (C=O) groups excluding carboxylic acids is 1. The summed E-state index contributed by atoms with van der Waals surface area (Å²) in [7, 11) is 0. The van der Waals surface area contributed by atoms with E-state index in [-0.39, 0.29) is 18.6 Å². The zero-order chi connectivity index (χ0) is 26.3. The van der Waals surface area contributed by atoms with Crippen LogP contribution in [0, 0.1) is 5.92 Å². The Kier molecular flexibility index (Phi) is 7.71. The lowest BCUT2D eigenvalue weighted by molar-refractivity contribution is 0.234. The van der Waals surface area contributed by atoms with Crippen molar-refractivity contribution in [1.29, 1.82) is 0 Å². The van der Waals surface area contributed by atoms with Crippen molar-refractivity contribution in [2.45, 2.75) is 38.8 Å². The number of nitrogens with one attached hydrogen (secondary N) is 1. The van der Waals surface area contributed by atoms with Crippen molar-refractivity contribution in [3.05, 3.63) is 80.8 Å². The first-order chi connectivity index (χ1) is 17.8. The topological polar surface area (TPSA) is 55.8 Å². The first kappa shape index (κ1) is 26.3. The highest BCUT2D eigenvalue weighted by molar-refractivity contribution is 6.40. The lowest BCUT2D eigenvalue weighted by atomic mass is 9.83. The predicted octanol–water partition coefficient (Wildman–Crippen LogP) is 7.48. The van der Waals surface area contributed by atoms with Crippen molar-refractivity contribution in [1.82, 2.24) is 10.2 Å². The summed E-state index contributed by atoms with van der Waals surface area (Å²) in [5, 5.41) is 14.3. The molecule has 2 atom stereocenters. The SMILES string of the molecule is CC(C)N1CC(CCO)C(c2cc(-c3ccccc3Cl)c3c(c2)N(c2c(Cl)cccc2Cl)C(=O)NC3)C1. The van der Waals surface area contributed by atoms with Crippen LogP contribution >= 0.6 is 34.8 Å². The summed E-state index contributed by atoms with van der Waals surface area (Å²) in [6.07, 6.45) is 0.715. The fourth-order valence-corrected chi connectivity index (χ4v) is 6.44. The number of nitrogens with zero attached hydrogens (tertiary/aromatic N) is 2. The van der Waals surface area contributed by atoms with Gasteiger partial charge in [0.05, 0.1) is 21.4 Å². The van der Waals surface area contributed by atoms with Crippen LogP contribution in [0.4, 0.5) is 16.2 Å². The van der Waals surface area contributed by atoms with Gasteiger partial charge in [0.25, 0.3) is 0 Å². The fourth-order valence-electron chi connectivity index (χ4n) is 5.64. The molecule has 3 aromatic carbocycles. The number of para-hydroxylation sites is 1. The van der Waals surface area contributed by atoms with E-state index >= 15 is 0 Å². The maximum atomic E-state index is 13.3. The third-order valence-electron chi connectivity index (χ3n) is 7.56. The number of hydrogen-bond donors (Lipinski definition) is 2. The number of anilines is 2. The summed E-state index contributed by atoms with van der Waals surface area (Å²) in [6.45, 7) is 6.69. The van der Waals surface area contributed by atoms with Crippen molar-refractivity contribution in [2.75, 3.05) is 24.6 Å². The molecule has 2 aliphatic rings. The second kappa shape index (κ2) is 10.8. The summed E-state index contributed by atoms with van der Waals surface area (Å²) in [5.74, 6) is 0.481. The molecule has 37 heavy (non-hydrogen) atoms. The van der Waals surface area contributed by atoms with Crippen LogP contribution in [0.5, 0.6) is 0 Å². The zero-order valence-corrected chi connectivity index (χ0v) is 23.1. The third kappa shape index (κ3) is 4.96. The summed E-state index contributed by atoms with van der Waals surface area (Å²) in [4.78, 5) is 17.4. The van der Waals surface area contributed by atoms with Gasteiger partial charge >= 0.3 is 6.03 Å². The van der Waals surface area contributed by atoms with Crippen molar-refractivity contribution in [2.24, 2.45) is 5.92 Å². The van der Waals surface area contributed by atoms with Crippen LogP contribution in [0.2, 0.25) is 15.1 Å². The van der Waals surface area contributed by atoms with Crippen LogP contribution in [-0.4, -0.2) is 41.8 Å². The first-order valence-corrected chi connectivity index (χ1v) is 13.7. The number of urea groups is 1. The molecular formula is C29H30Cl3N3O2. The van der Waals surface area contributed by atoms with Gasteiger partial charge in [-0.15, -0.1) is 0 Å². The average molecular weight is 559 g/mol. The van der Waals surface area contributed by atoms with Gasteiger partial charge in [-0.1, -0.05) is 65.1 Å². The summed E-state index contributed by atoms with van der Waals surface area (Å²) >= 11 is 19.9. The average Bonchev–Trinajstić information content (AvgIpc) is 3.29. The molecule has 0 bridgehead atoms. The van der Waals surface area contributed by atoms with Crippen LogP contribution in [0.25, 0.3) is 11.1 Å². The van der Waals surface area contributed by atoms with Crippen molar-refractivity contribution in [3.63, 3.8) is 0 Å². The Morgan fingerprint density at radius 2 is 1.68 bits per heavy atom. The third-order valence-corrected chi connectivity index (χ3v) is 8.50. The Balaban J connectivity index is 1.75. The predicted molar refractivity (Wildman–Crippen MR) is 152 cm³/mol. The minimum atomic E-state index is -0.285. The monoisotopic (exact) mass is 557 g/mol. The van der Waals surface area contributed by atoms with Crippen molar-refractivity contribution >= 4 is 52.2 Å². The van der Waals surface area contributed by atoms with Crippen molar-refractivity contribution in [3.8, 4) is 11.1 Å². The standard InChI is InChI=1S/C29H30Cl3N3O2/c1-17(2)34-15-18(10-11-36)23(16-34)19-12-21(20-6-3-4-7-24(20)30)22-14-33-29(37)35(27(22)13-19)28-25(31)8-5-9-26(28)32/h3-9,12-13,17-18,23,36H,10-11,14-16H2,1-2H3,(H,33,37). The van der Waals surface area contributed by atoms with Gasteiger partial charge in [0.1, 0.15) is 0 Å². The van der Waals surface area contributed by atoms with Crippen LogP contribution in [0.1, 0.15) is 37.3 Å². The zero-order valence-electron chi connectivity index (χ0n) is 20.8. The van der Waals surface area contributed by atoms with Crippen LogP contribution in [0.15, 0.2) is 54.6 Å². The van der Waals surface area contributed by atoms with Crippen LogP contribution in [-0.2, 0) is 6.54 Å². The Bertz CT molecular complexity index is 1310. The minimum Gasteiger partial charge on any atom is -0.396 e. The second-order valence-electron chi connectivity index (χ2n) is 10.0. The molecule has 0 radical (unpaired) electrons. The van der Waals surface area contributed by atoms with Gasteiger partial charge < -0.3 is 15.3 Å². The Morgan fingerprint density at radius 1 is 0.973 bits per heavy atom. The summed E-state index contributed by atoms with van der Waals surface area (Å²) in [5.41, 5.74) is 5.13. The molecule has 0 aliphatic carbocycles. The highest BCUT2D eigenvalue weighted by atomic mass is 35.5. The van der Waals surface area contributed by atoms with E-state index in [9.17, 15) is 9.90 Å².